The van der Waals surface area contributed by atoms with Crippen LogP contribution < -0.4 is 0 Å². The zero-order valence-electron chi connectivity index (χ0n) is 16.7. The van der Waals surface area contributed by atoms with E-state index in [1.54, 1.807) is 21.0 Å². The SMILES string of the molecule is CO[C@@H]1C=C(C(C)C)CCC2=CCC[C@](C)(OC2=O)[C@H](O)CC[C@@]1(C)O. The number of fused-ring (bicyclic) bond motifs is 3. The standard InChI is InChI=1S/C21H34O5/c1-14(2)16-9-8-15-7-6-11-21(4,26-19(15)23)17(22)10-12-20(3,24)18(13-16)25-5/h7,13-14,17-18,22,24H,6,8-12H2,1-5H3/t17-,18-,20-,21+/m1/s1. The summed E-state index contributed by atoms with van der Waals surface area (Å²) in [6, 6.07) is 0. The van der Waals surface area contributed by atoms with Gasteiger partial charge in [-0.15, -0.1) is 0 Å². The van der Waals surface area contributed by atoms with Crippen LogP contribution in [0, 0.1) is 5.92 Å². The summed E-state index contributed by atoms with van der Waals surface area (Å²) in [7, 11) is 1.59. The van der Waals surface area contributed by atoms with E-state index in [0.29, 0.717) is 44.1 Å². The minimum atomic E-state index is -1.11. The number of allylic oxidation sites excluding steroid dienone is 2. The highest BCUT2D eigenvalue weighted by Gasteiger charge is 2.41. The smallest absolute Gasteiger partial charge is 0.334 e. The molecule has 5 nitrogen and oxygen atoms in total. The highest BCUT2D eigenvalue weighted by Crippen LogP contribution is 2.34. The first-order chi connectivity index (χ1) is 12.1. The number of ether oxygens (including phenoxy) is 2. The van der Waals surface area contributed by atoms with Gasteiger partial charge in [-0.3, -0.25) is 0 Å². The molecule has 2 N–H and O–H groups in total. The van der Waals surface area contributed by atoms with Gasteiger partial charge >= 0.3 is 5.97 Å². The number of aliphatic hydroxyl groups excluding tert-OH is 1. The summed E-state index contributed by atoms with van der Waals surface area (Å²) in [4.78, 5) is 12.6. The summed E-state index contributed by atoms with van der Waals surface area (Å²) in [6.45, 7) is 7.73. The molecule has 2 aliphatic rings. The van der Waals surface area contributed by atoms with Gasteiger partial charge in [-0.2, -0.15) is 0 Å². The van der Waals surface area contributed by atoms with Crippen LogP contribution in [-0.2, 0) is 14.3 Å². The van der Waals surface area contributed by atoms with Gasteiger partial charge in [0.05, 0.1) is 11.7 Å². The molecule has 2 rings (SSSR count). The van der Waals surface area contributed by atoms with Crippen LogP contribution in [0.4, 0.5) is 0 Å². The first kappa shape index (κ1) is 21.1. The Balaban J connectivity index is 2.41. The molecule has 0 amide bonds. The van der Waals surface area contributed by atoms with Crippen molar-refractivity contribution in [1.29, 1.82) is 0 Å². The van der Waals surface area contributed by atoms with Crippen LogP contribution in [0.25, 0.3) is 0 Å². The molecule has 26 heavy (non-hydrogen) atoms. The maximum atomic E-state index is 12.6. The highest BCUT2D eigenvalue weighted by molar-refractivity contribution is 5.89. The van der Waals surface area contributed by atoms with Crippen molar-refractivity contribution in [3.63, 3.8) is 0 Å². The fourth-order valence-electron chi connectivity index (χ4n) is 3.80. The zero-order valence-corrected chi connectivity index (χ0v) is 16.7. The molecular formula is C21H34O5. The van der Waals surface area contributed by atoms with Crippen molar-refractivity contribution in [2.75, 3.05) is 7.11 Å². The summed E-state index contributed by atoms with van der Waals surface area (Å²) in [5.41, 5.74) is -0.224. The van der Waals surface area contributed by atoms with Gasteiger partial charge in [-0.25, -0.2) is 4.79 Å². The fraction of sp³-hybridized carbons (Fsp3) is 0.762. The van der Waals surface area contributed by atoms with Crippen LogP contribution in [0.2, 0.25) is 0 Å². The summed E-state index contributed by atoms with van der Waals surface area (Å²) in [6.07, 6.45) is 5.90. The maximum Gasteiger partial charge on any atom is 0.334 e. The Bertz CT molecular complexity index is 575. The molecule has 2 heterocycles. The number of carbonyl (C=O) groups is 1. The van der Waals surface area contributed by atoms with Crippen LogP contribution in [0.3, 0.4) is 0 Å². The lowest BCUT2D eigenvalue weighted by Gasteiger charge is -2.36. The van der Waals surface area contributed by atoms with Gasteiger partial charge in [0.15, 0.2) is 0 Å². The van der Waals surface area contributed by atoms with E-state index in [9.17, 15) is 15.0 Å². The fourth-order valence-corrected chi connectivity index (χ4v) is 3.80. The minimum Gasteiger partial charge on any atom is -0.453 e. The third-order valence-electron chi connectivity index (χ3n) is 5.91. The van der Waals surface area contributed by atoms with Gasteiger partial charge < -0.3 is 19.7 Å². The molecule has 0 saturated carbocycles. The normalized spacial score (nSPS) is 37.0. The summed E-state index contributed by atoms with van der Waals surface area (Å²) >= 11 is 0. The molecule has 0 aromatic rings. The van der Waals surface area contributed by atoms with Crippen molar-refractivity contribution in [3.8, 4) is 0 Å². The van der Waals surface area contributed by atoms with Gasteiger partial charge in [-0.05, 0) is 58.3 Å². The highest BCUT2D eigenvalue weighted by atomic mass is 16.6. The second kappa shape index (κ2) is 8.24. The van der Waals surface area contributed by atoms with E-state index < -0.39 is 23.4 Å². The largest absolute Gasteiger partial charge is 0.453 e. The van der Waals surface area contributed by atoms with E-state index in [1.165, 1.54) is 0 Å². The number of hydrogen-bond acceptors (Lipinski definition) is 5. The van der Waals surface area contributed by atoms with Gasteiger partial charge in [0.2, 0.25) is 0 Å². The van der Waals surface area contributed by atoms with Gasteiger partial charge in [0.25, 0.3) is 0 Å². The second-order valence-corrected chi connectivity index (χ2v) is 8.43. The molecule has 0 radical (unpaired) electrons. The van der Waals surface area contributed by atoms with E-state index in [-0.39, 0.29) is 11.9 Å². The monoisotopic (exact) mass is 366 g/mol. The van der Waals surface area contributed by atoms with Crippen LogP contribution in [0.1, 0.15) is 66.2 Å². The van der Waals surface area contributed by atoms with Crippen LogP contribution >= 0.6 is 0 Å². The maximum absolute atomic E-state index is 12.6. The van der Waals surface area contributed by atoms with Crippen LogP contribution in [0.5, 0.6) is 0 Å². The molecule has 2 aliphatic heterocycles. The molecule has 0 aromatic heterocycles. The Morgan fingerprint density at radius 2 is 1.96 bits per heavy atom. The Labute approximate surface area is 157 Å². The number of aliphatic hydroxyl groups is 2. The molecule has 0 unspecified atom stereocenters. The van der Waals surface area contributed by atoms with E-state index in [1.807, 2.05) is 12.2 Å². The van der Waals surface area contributed by atoms with E-state index >= 15 is 0 Å². The Morgan fingerprint density at radius 3 is 2.58 bits per heavy atom. The topological polar surface area (TPSA) is 76.0 Å². The molecule has 5 heteroatoms. The Morgan fingerprint density at radius 1 is 1.27 bits per heavy atom. The van der Waals surface area contributed by atoms with Gasteiger partial charge in [-0.1, -0.05) is 31.6 Å². The van der Waals surface area contributed by atoms with Crippen molar-refractivity contribution < 1.29 is 24.5 Å². The molecule has 0 saturated heterocycles. The first-order valence-electron chi connectivity index (χ1n) is 9.65. The summed E-state index contributed by atoms with van der Waals surface area (Å²) < 4.78 is 11.3. The lowest BCUT2D eigenvalue weighted by Crippen LogP contribution is -2.46. The first-order valence-corrected chi connectivity index (χ1v) is 9.65. The van der Waals surface area contributed by atoms with Crippen molar-refractivity contribution in [1.82, 2.24) is 0 Å². The minimum absolute atomic E-state index is 0.284. The third-order valence-corrected chi connectivity index (χ3v) is 5.91. The van der Waals surface area contributed by atoms with Crippen molar-refractivity contribution >= 4 is 5.97 Å². The van der Waals surface area contributed by atoms with Crippen LogP contribution in [-0.4, -0.2) is 46.7 Å². The lowest BCUT2D eigenvalue weighted by molar-refractivity contribution is -0.168. The van der Waals surface area contributed by atoms with Crippen molar-refractivity contribution in [2.24, 2.45) is 5.92 Å². The van der Waals surface area contributed by atoms with Gasteiger partial charge in [0.1, 0.15) is 11.7 Å². The van der Waals surface area contributed by atoms with Crippen molar-refractivity contribution in [2.45, 2.75) is 89.6 Å². The molecule has 0 aromatic carbocycles. The van der Waals surface area contributed by atoms with E-state index in [0.717, 1.165) is 5.57 Å². The lowest BCUT2D eigenvalue weighted by atomic mass is 9.83. The summed E-state index contributed by atoms with van der Waals surface area (Å²) in [5.74, 6) is -0.0479. The predicted molar refractivity (Wildman–Crippen MR) is 101 cm³/mol. The summed E-state index contributed by atoms with van der Waals surface area (Å²) in [5, 5.41) is 21.7. The molecule has 4 atom stereocenters. The number of hydrogen-bond donors (Lipinski definition) is 2. The van der Waals surface area contributed by atoms with Crippen molar-refractivity contribution in [3.05, 3.63) is 23.3 Å². The molecule has 0 fully saturated rings. The van der Waals surface area contributed by atoms with E-state index in [2.05, 4.69) is 13.8 Å². The van der Waals surface area contributed by atoms with Crippen LogP contribution in [0.15, 0.2) is 23.3 Å². The molecule has 0 spiro atoms. The molecular weight excluding hydrogens is 332 g/mol. The van der Waals surface area contributed by atoms with E-state index in [4.69, 9.17) is 9.47 Å². The number of methoxy groups -OCH3 is 1. The predicted octanol–water partition coefficient (Wildman–Crippen LogP) is 3.29. The average molecular weight is 366 g/mol. The quantitative estimate of drug-likeness (QED) is 0.579. The Kier molecular flexibility index (Phi) is 6.70. The average Bonchev–Trinajstić information content (AvgIpc) is 2.70. The second-order valence-electron chi connectivity index (χ2n) is 8.43. The Hall–Kier alpha value is -1.17. The number of rotatable bonds is 2. The number of esters is 1. The molecule has 148 valence electrons. The zero-order chi connectivity index (χ0) is 19.5. The third kappa shape index (κ3) is 4.76. The number of carbonyl (C=O) groups excluding carboxylic acids is 1. The molecule has 0 aliphatic carbocycles. The molecule has 2 bridgehead atoms. The van der Waals surface area contributed by atoms with Gasteiger partial charge in [0, 0.05) is 12.7 Å².